The maximum absolute atomic E-state index is 4.88. The van der Waals surface area contributed by atoms with Gasteiger partial charge in [-0.3, -0.25) is 0 Å². The molecule has 2 aromatic carbocycles. The van der Waals surface area contributed by atoms with Gasteiger partial charge in [0.1, 0.15) is 0 Å². The van der Waals surface area contributed by atoms with Crippen LogP contribution in [0.25, 0.3) is 21.3 Å². The highest BCUT2D eigenvalue weighted by Crippen LogP contribution is 2.36. The summed E-state index contributed by atoms with van der Waals surface area (Å²) >= 11 is 0. The van der Waals surface area contributed by atoms with E-state index in [1.165, 1.54) is 35.4 Å². The van der Waals surface area contributed by atoms with E-state index in [4.69, 9.17) is 4.98 Å². The van der Waals surface area contributed by atoms with Gasteiger partial charge >= 0.3 is 0 Å². The second-order valence-electron chi connectivity index (χ2n) is 6.09. The quantitative estimate of drug-likeness (QED) is 0.615. The van der Waals surface area contributed by atoms with Crippen molar-refractivity contribution in [2.24, 2.45) is 0 Å². The molecular weight excluding hydrogens is 301 g/mol. The van der Waals surface area contributed by atoms with Gasteiger partial charge in [-0.15, -0.1) is 0 Å². The lowest BCUT2D eigenvalue weighted by atomic mass is 10.1. The molecule has 120 valence electrons. The van der Waals surface area contributed by atoms with Crippen LogP contribution < -0.4 is 9.80 Å². The van der Waals surface area contributed by atoms with Crippen LogP contribution in [0.1, 0.15) is 19.4 Å². The first-order valence-electron chi connectivity index (χ1n) is 8.18. The Hall–Kier alpha value is -1.86. The van der Waals surface area contributed by atoms with E-state index >= 15 is 0 Å². The summed E-state index contributed by atoms with van der Waals surface area (Å²) < 4.78 is 0. The third-order valence-electron chi connectivity index (χ3n) is 4.35. The van der Waals surface area contributed by atoms with Crippen molar-refractivity contribution in [3.8, 4) is 0 Å². The van der Waals surface area contributed by atoms with Crippen LogP contribution in [0, 0.1) is 6.92 Å². The summed E-state index contributed by atoms with van der Waals surface area (Å²) in [5, 5.41) is 2.60. The van der Waals surface area contributed by atoms with Crippen LogP contribution in [-0.4, -0.2) is 32.2 Å². The first-order valence-corrected chi connectivity index (χ1v) is 9.07. The van der Waals surface area contributed by atoms with E-state index in [9.17, 15) is 0 Å². The molecule has 1 aromatic heterocycles. The molecule has 0 amide bonds. The number of aromatic nitrogens is 1. The summed E-state index contributed by atoms with van der Waals surface area (Å²) in [4.78, 5) is 9.43. The summed E-state index contributed by atoms with van der Waals surface area (Å²) in [6.07, 6.45) is 0. The molecule has 0 radical (unpaired) electrons. The second kappa shape index (κ2) is 6.33. The van der Waals surface area contributed by atoms with Gasteiger partial charge < -0.3 is 9.80 Å². The molecule has 4 heteroatoms. The number of hydrogen-bond acceptors (Lipinski definition) is 3. The summed E-state index contributed by atoms with van der Waals surface area (Å²) in [5.74, 6) is 0. The number of fused-ring (bicyclic) bond motifs is 2. The molecule has 0 unspecified atom stereocenters. The van der Waals surface area contributed by atoms with Gasteiger partial charge in [0.05, 0.1) is 11.0 Å². The van der Waals surface area contributed by atoms with Crippen molar-refractivity contribution in [1.29, 1.82) is 0 Å². The van der Waals surface area contributed by atoms with Gasteiger partial charge in [0.15, 0.2) is 0 Å². The highest BCUT2D eigenvalue weighted by Gasteiger charge is 2.10. The Bertz CT molecular complexity index is 854. The molecule has 23 heavy (non-hydrogen) atoms. The number of nitrogens with zero attached hydrogens (tertiary/aromatic N) is 3. The largest absolute Gasteiger partial charge is 0.378 e. The highest BCUT2D eigenvalue weighted by atomic mass is 31.0. The molecule has 0 aliphatic heterocycles. The fraction of sp³-hybridized carbons (Fsp3) is 0.368. The third-order valence-corrected chi connectivity index (χ3v) is 5.55. The van der Waals surface area contributed by atoms with Crippen LogP contribution in [-0.2, 0) is 0 Å². The van der Waals surface area contributed by atoms with Crippen molar-refractivity contribution in [3.63, 3.8) is 0 Å². The lowest BCUT2D eigenvalue weighted by Crippen LogP contribution is -2.22. The predicted octanol–water partition coefficient (Wildman–Crippen LogP) is 5.19. The lowest BCUT2D eigenvalue weighted by molar-refractivity contribution is 0.863. The van der Waals surface area contributed by atoms with Crippen molar-refractivity contribution in [3.05, 3.63) is 35.9 Å². The van der Waals surface area contributed by atoms with E-state index in [0.717, 1.165) is 24.1 Å². The van der Waals surface area contributed by atoms with Crippen molar-refractivity contribution in [1.82, 2.24) is 4.98 Å². The molecule has 0 atom stereocenters. The Morgan fingerprint density at radius 1 is 0.957 bits per heavy atom. The molecule has 0 spiro atoms. The predicted molar refractivity (Wildman–Crippen MR) is 104 cm³/mol. The van der Waals surface area contributed by atoms with Crippen LogP contribution in [0.5, 0.6) is 0 Å². The van der Waals surface area contributed by atoms with Crippen molar-refractivity contribution >= 4 is 40.8 Å². The summed E-state index contributed by atoms with van der Waals surface area (Å²) in [7, 11) is 5.41. The van der Waals surface area contributed by atoms with Crippen molar-refractivity contribution in [2.45, 2.75) is 20.8 Å². The maximum atomic E-state index is 4.88. The average molecular weight is 325 g/mol. The normalized spacial score (nSPS) is 11.5. The standard InChI is InChI=1S/C19H24N3P/c1-6-22(7-2)17-12-19-16(10-13(17)3)20-15-9-8-14(21(4)5)11-18(15)23-19/h8-12H,6-7H2,1-5H3. The van der Waals surface area contributed by atoms with Crippen LogP contribution >= 0.6 is 8.19 Å². The van der Waals surface area contributed by atoms with Gasteiger partial charge in [0.25, 0.3) is 0 Å². The average Bonchev–Trinajstić information content (AvgIpc) is 2.54. The molecule has 0 aliphatic carbocycles. The Morgan fingerprint density at radius 2 is 1.65 bits per heavy atom. The number of rotatable bonds is 4. The Morgan fingerprint density at radius 3 is 2.30 bits per heavy atom. The van der Waals surface area contributed by atoms with Gasteiger partial charge in [-0.25, -0.2) is 4.98 Å². The first kappa shape index (κ1) is 16.0. The SMILES string of the molecule is CCN(CC)c1cc2pc3cc(N(C)C)ccc3nc2cc1C. The van der Waals surface area contributed by atoms with E-state index in [1.54, 1.807) is 0 Å². The molecule has 0 N–H and O–H groups in total. The molecule has 1 heterocycles. The molecule has 0 saturated heterocycles. The van der Waals surface area contributed by atoms with Gasteiger partial charge in [0.2, 0.25) is 0 Å². The summed E-state index contributed by atoms with van der Waals surface area (Å²) in [5.41, 5.74) is 6.08. The smallest absolute Gasteiger partial charge is 0.0759 e. The van der Waals surface area contributed by atoms with Crippen LogP contribution in [0.4, 0.5) is 11.4 Å². The Balaban J connectivity index is 2.22. The molecule has 0 saturated carbocycles. The molecule has 3 nitrogen and oxygen atoms in total. The van der Waals surface area contributed by atoms with Gasteiger partial charge in [-0.05, 0) is 56.7 Å². The van der Waals surface area contributed by atoms with Gasteiger partial charge in [0, 0.05) is 48.8 Å². The number of benzene rings is 2. The Labute approximate surface area is 140 Å². The van der Waals surface area contributed by atoms with E-state index in [2.05, 4.69) is 75.0 Å². The topological polar surface area (TPSA) is 19.4 Å². The fourth-order valence-electron chi connectivity index (χ4n) is 2.99. The minimum atomic E-state index is 1.03. The van der Waals surface area contributed by atoms with E-state index < -0.39 is 0 Å². The highest BCUT2D eigenvalue weighted by molar-refractivity contribution is 7.42. The van der Waals surface area contributed by atoms with Crippen molar-refractivity contribution < 1.29 is 0 Å². The number of aryl methyl sites for hydroxylation is 1. The first-order chi connectivity index (χ1) is 11.0. The molecular formula is C19H24N3P. The van der Waals surface area contributed by atoms with E-state index in [-0.39, 0.29) is 0 Å². The minimum absolute atomic E-state index is 1.03. The summed E-state index contributed by atoms with van der Waals surface area (Å²) in [6, 6.07) is 11.1. The third kappa shape index (κ3) is 2.98. The van der Waals surface area contributed by atoms with Crippen LogP contribution in [0.3, 0.4) is 0 Å². The van der Waals surface area contributed by atoms with Crippen LogP contribution in [0.2, 0.25) is 0 Å². The fourth-order valence-corrected chi connectivity index (χ4v) is 4.10. The zero-order chi connectivity index (χ0) is 16.6. The molecule has 0 fully saturated rings. The van der Waals surface area contributed by atoms with E-state index in [0.29, 0.717) is 0 Å². The van der Waals surface area contributed by atoms with Crippen LogP contribution in [0.15, 0.2) is 30.3 Å². The number of hydrogen-bond donors (Lipinski definition) is 0. The monoisotopic (exact) mass is 325 g/mol. The van der Waals surface area contributed by atoms with Gasteiger partial charge in [-0.2, -0.15) is 0 Å². The number of anilines is 2. The minimum Gasteiger partial charge on any atom is -0.378 e. The Kier molecular flexibility index (Phi) is 4.41. The van der Waals surface area contributed by atoms with Gasteiger partial charge in [-0.1, -0.05) is 8.19 Å². The molecule has 3 rings (SSSR count). The zero-order valence-electron chi connectivity index (χ0n) is 14.6. The van der Waals surface area contributed by atoms with E-state index in [1.807, 2.05) is 0 Å². The van der Waals surface area contributed by atoms with Crippen molar-refractivity contribution in [2.75, 3.05) is 37.0 Å². The molecule has 0 aliphatic rings. The zero-order valence-corrected chi connectivity index (χ0v) is 15.5. The second-order valence-corrected chi connectivity index (χ2v) is 7.28. The molecule has 3 aromatic rings. The molecule has 0 bridgehead atoms. The maximum Gasteiger partial charge on any atom is 0.0759 e. The summed E-state index contributed by atoms with van der Waals surface area (Å²) in [6.45, 7) is 8.67. The lowest BCUT2D eigenvalue weighted by Gasteiger charge is -2.23.